The molecule has 0 N–H and O–H groups in total. The van der Waals surface area contributed by atoms with Crippen LogP contribution in [0.5, 0.6) is 0 Å². The molecule has 0 aliphatic carbocycles. The van der Waals surface area contributed by atoms with E-state index in [0.717, 1.165) is 10.1 Å². The Bertz CT molecular complexity index is 232. The molecular formula is C8H12INOS2. The van der Waals surface area contributed by atoms with E-state index in [1.54, 1.807) is 16.7 Å². The van der Waals surface area contributed by atoms with Crippen molar-refractivity contribution in [2.45, 2.75) is 19.9 Å². The molecule has 1 rings (SSSR count). The molecule has 0 aromatic rings. The Morgan fingerprint density at radius 1 is 1.85 bits per heavy atom. The highest BCUT2D eigenvalue weighted by molar-refractivity contribution is 14.1. The molecule has 1 aliphatic rings. The van der Waals surface area contributed by atoms with E-state index >= 15 is 0 Å². The minimum atomic E-state index is 0.148. The third-order valence-corrected chi connectivity index (χ3v) is 4.21. The van der Waals surface area contributed by atoms with Crippen LogP contribution in [-0.2, 0) is 4.79 Å². The molecule has 5 heteroatoms. The van der Waals surface area contributed by atoms with E-state index < -0.39 is 0 Å². The van der Waals surface area contributed by atoms with Gasteiger partial charge >= 0.3 is 0 Å². The average Bonchev–Trinajstić information content (AvgIpc) is 2.46. The Morgan fingerprint density at radius 3 is 2.92 bits per heavy atom. The molecule has 1 heterocycles. The van der Waals surface area contributed by atoms with Crippen molar-refractivity contribution >= 4 is 56.8 Å². The standard InChI is InChI=1S/C8H12INOS2/c1-5(2)6-4-13-8(12)10(6)7(11)3-9/h5-6H,3-4H2,1-2H3. The summed E-state index contributed by atoms with van der Waals surface area (Å²) in [6, 6.07) is 0.305. The maximum atomic E-state index is 11.6. The summed E-state index contributed by atoms with van der Waals surface area (Å²) in [5.74, 6) is 1.59. The van der Waals surface area contributed by atoms with Crippen LogP contribution in [0.1, 0.15) is 13.8 Å². The maximum Gasteiger partial charge on any atom is 0.238 e. The van der Waals surface area contributed by atoms with Crippen LogP contribution < -0.4 is 0 Å². The van der Waals surface area contributed by atoms with E-state index in [2.05, 4.69) is 36.4 Å². The molecule has 74 valence electrons. The van der Waals surface area contributed by atoms with Crippen LogP contribution in [-0.4, -0.2) is 31.3 Å². The lowest BCUT2D eigenvalue weighted by Crippen LogP contribution is -2.42. The van der Waals surface area contributed by atoms with E-state index in [0.29, 0.717) is 16.4 Å². The van der Waals surface area contributed by atoms with Gasteiger partial charge in [-0.1, -0.05) is 60.4 Å². The van der Waals surface area contributed by atoms with E-state index in [-0.39, 0.29) is 5.91 Å². The van der Waals surface area contributed by atoms with Gasteiger partial charge in [0, 0.05) is 11.8 Å². The molecule has 1 fully saturated rings. The fourth-order valence-electron chi connectivity index (χ4n) is 1.28. The van der Waals surface area contributed by atoms with Crippen LogP contribution in [0, 0.1) is 5.92 Å². The van der Waals surface area contributed by atoms with Gasteiger partial charge in [0.25, 0.3) is 0 Å². The predicted octanol–water partition coefficient (Wildman–Crippen LogP) is 2.31. The lowest BCUT2D eigenvalue weighted by atomic mass is 10.1. The van der Waals surface area contributed by atoms with Gasteiger partial charge < -0.3 is 0 Å². The Hall–Kier alpha value is 0.640. The first kappa shape index (κ1) is 11.7. The number of halogens is 1. The van der Waals surface area contributed by atoms with Gasteiger partial charge in [0.05, 0.1) is 4.43 Å². The van der Waals surface area contributed by atoms with Crippen molar-refractivity contribution in [1.29, 1.82) is 0 Å². The summed E-state index contributed by atoms with van der Waals surface area (Å²) in [5.41, 5.74) is 0. The zero-order chi connectivity index (χ0) is 10.0. The molecule has 1 saturated heterocycles. The van der Waals surface area contributed by atoms with Crippen molar-refractivity contribution in [1.82, 2.24) is 4.90 Å². The molecule has 1 atom stereocenters. The highest BCUT2D eigenvalue weighted by atomic mass is 127. The number of carbonyl (C=O) groups excluding carboxylic acids is 1. The van der Waals surface area contributed by atoms with Gasteiger partial charge in [-0.25, -0.2) is 0 Å². The quantitative estimate of drug-likeness (QED) is 0.441. The molecule has 0 saturated carbocycles. The van der Waals surface area contributed by atoms with Crippen molar-refractivity contribution in [2.75, 3.05) is 10.2 Å². The first-order valence-corrected chi connectivity index (χ1v) is 7.04. The molecule has 0 radical (unpaired) electrons. The highest BCUT2D eigenvalue weighted by Gasteiger charge is 2.34. The molecule has 13 heavy (non-hydrogen) atoms. The predicted molar refractivity (Wildman–Crippen MR) is 69.4 cm³/mol. The summed E-state index contributed by atoms with van der Waals surface area (Å²) in [6.07, 6.45) is 0. The number of thiocarbonyl (C=S) groups is 1. The first-order valence-electron chi connectivity index (χ1n) is 4.12. The molecule has 1 amide bonds. The largest absolute Gasteiger partial charge is 0.293 e. The average molecular weight is 329 g/mol. The molecule has 0 aromatic carbocycles. The van der Waals surface area contributed by atoms with Gasteiger partial charge in [-0.05, 0) is 5.92 Å². The number of nitrogens with zero attached hydrogens (tertiary/aromatic N) is 1. The zero-order valence-electron chi connectivity index (χ0n) is 7.62. The Kier molecular flexibility index (Phi) is 4.44. The van der Waals surface area contributed by atoms with Crippen LogP contribution >= 0.6 is 46.6 Å². The minimum Gasteiger partial charge on any atom is -0.293 e. The summed E-state index contributed by atoms with van der Waals surface area (Å²) in [6.45, 7) is 4.26. The Balaban J connectivity index is 2.77. The second kappa shape index (κ2) is 4.93. The summed E-state index contributed by atoms with van der Waals surface area (Å²) < 4.78 is 1.27. The lowest BCUT2D eigenvalue weighted by molar-refractivity contribution is -0.125. The lowest BCUT2D eigenvalue weighted by Gasteiger charge is -2.25. The molecule has 2 nitrogen and oxygen atoms in total. The van der Waals surface area contributed by atoms with Gasteiger partial charge in [0.1, 0.15) is 4.32 Å². The van der Waals surface area contributed by atoms with Crippen LogP contribution in [0.25, 0.3) is 0 Å². The second-order valence-electron chi connectivity index (χ2n) is 3.29. The molecule has 0 aromatic heterocycles. The third-order valence-electron chi connectivity index (χ3n) is 2.06. The summed E-state index contributed by atoms with van der Waals surface area (Å²) >= 11 is 8.85. The van der Waals surface area contributed by atoms with Crippen molar-refractivity contribution < 1.29 is 4.79 Å². The van der Waals surface area contributed by atoms with E-state index in [1.165, 1.54) is 0 Å². The number of alkyl halides is 1. The molecule has 1 aliphatic heterocycles. The van der Waals surface area contributed by atoms with Crippen molar-refractivity contribution in [2.24, 2.45) is 5.92 Å². The van der Waals surface area contributed by atoms with Crippen molar-refractivity contribution in [3.05, 3.63) is 0 Å². The van der Waals surface area contributed by atoms with Crippen LogP contribution in [0.2, 0.25) is 0 Å². The van der Waals surface area contributed by atoms with Gasteiger partial charge in [-0.2, -0.15) is 0 Å². The van der Waals surface area contributed by atoms with Gasteiger partial charge in [0.2, 0.25) is 5.91 Å². The normalized spacial score (nSPS) is 22.9. The first-order chi connectivity index (χ1) is 6.07. The van der Waals surface area contributed by atoms with Crippen molar-refractivity contribution in [3.8, 4) is 0 Å². The fourth-order valence-corrected chi connectivity index (χ4v) is 3.31. The SMILES string of the molecule is CC(C)C1CSC(=S)N1C(=O)CI. The molecular weight excluding hydrogens is 317 g/mol. The van der Waals surface area contributed by atoms with E-state index in [4.69, 9.17) is 12.2 Å². The van der Waals surface area contributed by atoms with E-state index in [9.17, 15) is 4.79 Å². The number of hydrogen-bond donors (Lipinski definition) is 0. The monoisotopic (exact) mass is 329 g/mol. The number of thioether (sulfide) groups is 1. The van der Waals surface area contributed by atoms with Gasteiger partial charge in [-0.15, -0.1) is 0 Å². The highest BCUT2D eigenvalue weighted by Crippen LogP contribution is 2.29. The van der Waals surface area contributed by atoms with Crippen LogP contribution in [0.15, 0.2) is 0 Å². The smallest absolute Gasteiger partial charge is 0.238 e. The zero-order valence-corrected chi connectivity index (χ0v) is 11.4. The summed E-state index contributed by atoms with van der Waals surface area (Å²) in [4.78, 5) is 13.3. The summed E-state index contributed by atoms with van der Waals surface area (Å²) in [7, 11) is 0. The number of carbonyl (C=O) groups is 1. The minimum absolute atomic E-state index is 0.148. The summed E-state index contributed by atoms with van der Waals surface area (Å²) in [5, 5.41) is 0. The van der Waals surface area contributed by atoms with Crippen molar-refractivity contribution in [3.63, 3.8) is 0 Å². The van der Waals surface area contributed by atoms with Gasteiger partial charge in [0.15, 0.2) is 0 Å². The third kappa shape index (κ3) is 2.56. The Morgan fingerprint density at radius 2 is 2.46 bits per heavy atom. The fraction of sp³-hybridized carbons (Fsp3) is 0.750. The topological polar surface area (TPSA) is 20.3 Å². The number of hydrogen-bond acceptors (Lipinski definition) is 3. The number of amides is 1. The molecule has 0 spiro atoms. The molecule has 1 unspecified atom stereocenters. The Labute approximate surface area is 102 Å². The number of rotatable bonds is 2. The van der Waals surface area contributed by atoms with E-state index in [1.807, 2.05) is 0 Å². The van der Waals surface area contributed by atoms with Gasteiger partial charge in [-0.3, -0.25) is 9.69 Å². The maximum absolute atomic E-state index is 11.6. The molecule has 0 bridgehead atoms. The second-order valence-corrected chi connectivity index (χ2v) is 5.70. The van der Waals surface area contributed by atoms with Crippen LogP contribution in [0.3, 0.4) is 0 Å². The van der Waals surface area contributed by atoms with Crippen LogP contribution in [0.4, 0.5) is 0 Å².